The molecule has 0 spiro atoms. The minimum absolute atomic E-state index is 1.08. The summed E-state index contributed by atoms with van der Waals surface area (Å²) < 4.78 is 0. The zero-order chi connectivity index (χ0) is 13.3. The second-order valence-electron chi connectivity index (χ2n) is 4.70. The van der Waals surface area contributed by atoms with Crippen molar-refractivity contribution in [2.75, 3.05) is 0 Å². The van der Waals surface area contributed by atoms with Gasteiger partial charge < -0.3 is 0 Å². The van der Waals surface area contributed by atoms with Gasteiger partial charge in [0.1, 0.15) is 0 Å². The van der Waals surface area contributed by atoms with Crippen molar-refractivity contribution in [3.63, 3.8) is 0 Å². The molecule has 0 nitrogen and oxygen atoms in total. The highest BCUT2D eigenvalue weighted by Crippen LogP contribution is 2.07. The lowest BCUT2D eigenvalue weighted by Crippen LogP contribution is -1.77. The average Bonchev–Trinajstić information content (AvgIpc) is 2.39. The molecule has 0 aliphatic carbocycles. The monoisotopic (exact) mass is 247 g/mol. The number of rotatable bonds is 12. The van der Waals surface area contributed by atoms with Crippen LogP contribution in [0.2, 0.25) is 0 Å². The summed E-state index contributed by atoms with van der Waals surface area (Å²) in [5.41, 5.74) is 0. The van der Waals surface area contributed by atoms with E-state index in [1.165, 1.54) is 38.5 Å². The van der Waals surface area contributed by atoms with E-state index in [0.29, 0.717) is 0 Å². The quantitative estimate of drug-likeness (QED) is 0.276. The van der Waals surface area contributed by atoms with Crippen molar-refractivity contribution in [3.8, 4) is 0 Å². The first kappa shape index (κ1) is 17.2. The van der Waals surface area contributed by atoms with Crippen molar-refractivity contribution in [3.05, 3.63) is 43.4 Å². The normalized spacial score (nSPS) is 12.3. The largest absolute Gasteiger partial charge is 0.0885 e. The molecule has 0 saturated carbocycles. The van der Waals surface area contributed by atoms with Crippen LogP contribution in [0.5, 0.6) is 0 Å². The van der Waals surface area contributed by atoms with Gasteiger partial charge in [0, 0.05) is 0 Å². The molecule has 0 atom stereocenters. The molecule has 0 fully saturated rings. The van der Waals surface area contributed by atoms with Crippen molar-refractivity contribution >= 4 is 0 Å². The van der Waals surface area contributed by atoms with E-state index < -0.39 is 0 Å². The molecule has 0 aliphatic rings. The molecule has 0 aliphatic heterocycles. The van der Waals surface area contributed by atoms with Gasteiger partial charge in [-0.2, -0.15) is 0 Å². The maximum Gasteiger partial charge on any atom is -0.0169 e. The molecule has 0 amide bonds. The molecule has 0 unspecified atom stereocenters. The number of hydrogen-bond acceptors (Lipinski definition) is 0. The Morgan fingerprint density at radius 3 is 1.89 bits per heavy atom. The van der Waals surface area contributed by atoms with E-state index in [1.807, 2.05) is 0 Å². The summed E-state index contributed by atoms with van der Waals surface area (Å²) in [4.78, 5) is 0. The predicted molar refractivity (Wildman–Crippen MR) is 84.6 cm³/mol. The van der Waals surface area contributed by atoms with Gasteiger partial charge in [0.2, 0.25) is 0 Å². The van der Waals surface area contributed by atoms with Crippen LogP contribution in [0.4, 0.5) is 0 Å². The van der Waals surface area contributed by atoms with Gasteiger partial charge in [0.05, 0.1) is 0 Å². The van der Waals surface area contributed by atoms with Crippen LogP contribution in [0.15, 0.2) is 36.5 Å². The lowest BCUT2D eigenvalue weighted by Gasteiger charge is -1.97. The maximum atomic E-state index is 3.86. The van der Waals surface area contributed by atoms with E-state index in [1.54, 1.807) is 0 Å². The number of unbranched alkanes of at least 4 members (excludes halogenated alkanes) is 6. The molecule has 0 aromatic carbocycles. The molecule has 0 saturated heterocycles. The first-order valence-corrected chi connectivity index (χ1v) is 7.66. The van der Waals surface area contributed by atoms with Crippen LogP contribution in [-0.4, -0.2) is 0 Å². The minimum atomic E-state index is 1.08. The topological polar surface area (TPSA) is 0 Å². The fourth-order valence-electron chi connectivity index (χ4n) is 1.80. The second-order valence-corrected chi connectivity index (χ2v) is 4.70. The summed E-state index contributed by atoms with van der Waals surface area (Å²) in [6, 6.07) is 0. The van der Waals surface area contributed by atoms with Gasteiger partial charge in [-0.25, -0.2) is 0 Å². The van der Waals surface area contributed by atoms with Gasteiger partial charge in [-0.1, -0.05) is 82.4 Å². The highest BCUT2D eigenvalue weighted by Gasteiger charge is 1.87. The molecule has 18 heavy (non-hydrogen) atoms. The van der Waals surface area contributed by atoms with E-state index in [4.69, 9.17) is 0 Å². The fourth-order valence-corrected chi connectivity index (χ4v) is 1.80. The third kappa shape index (κ3) is 15.2. The van der Waals surface area contributed by atoms with Crippen molar-refractivity contribution in [1.82, 2.24) is 0 Å². The molecule has 0 bridgehead atoms. The Kier molecular flexibility index (Phi) is 15.5. The summed E-state index contributed by atoms with van der Waals surface area (Å²) in [5.74, 6) is 0. The standard InChI is InChI=1S/C18H31/c1-3-5-7-9-11-13-15-17-18-16-14-12-10-8-6-4-2/h6,8,12,14,17-18H,1,3-5,7,9-11,13,15-16H2,2H3/b8-6+,14-12+,18-17+. The molecule has 0 rings (SSSR count). The van der Waals surface area contributed by atoms with Gasteiger partial charge >= 0.3 is 0 Å². The summed E-state index contributed by atoms with van der Waals surface area (Å²) in [7, 11) is 0. The van der Waals surface area contributed by atoms with Crippen molar-refractivity contribution in [2.45, 2.75) is 71.1 Å². The molecule has 103 valence electrons. The first-order valence-electron chi connectivity index (χ1n) is 7.66. The van der Waals surface area contributed by atoms with E-state index in [2.05, 4.69) is 50.3 Å². The third-order valence-electron chi connectivity index (χ3n) is 2.90. The lowest BCUT2D eigenvalue weighted by atomic mass is 10.1. The van der Waals surface area contributed by atoms with Crippen molar-refractivity contribution in [1.29, 1.82) is 0 Å². The van der Waals surface area contributed by atoms with Crippen molar-refractivity contribution < 1.29 is 0 Å². The van der Waals surface area contributed by atoms with E-state index >= 15 is 0 Å². The number of hydrogen-bond donors (Lipinski definition) is 0. The Balaban J connectivity index is 3.20. The van der Waals surface area contributed by atoms with Gasteiger partial charge in [0.15, 0.2) is 0 Å². The zero-order valence-corrected chi connectivity index (χ0v) is 12.2. The lowest BCUT2D eigenvalue weighted by molar-refractivity contribution is 0.621. The van der Waals surface area contributed by atoms with Crippen LogP contribution in [0.3, 0.4) is 0 Å². The summed E-state index contributed by atoms with van der Waals surface area (Å²) in [6.45, 7) is 6.03. The molecule has 0 aromatic heterocycles. The number of allylic oxidation sites excluding steroid dienone is 6. The molecular formula is C18H31. The molecular weight excluding hydrogens is 216 g/mol. The molecule has 0 aromatic rings. The Labute approximate surface area is 115 Å². The minimum Gasteiger partial charge on any atom is -0.0885 e. The van der Waals surface area contributed by atoms with Crippen LogP contribution in [0.1, 0.15) is 71.1 Å². The highest BCUT2D eigenvalue weighted by molar-refractivity contribution is 4.96. The summed E-state index contributed by atoms with van der Waals surface area (Å²) in [5, 5.41) is 0. The maximum absolute atomic E-state index is 3.86. The van der Waals surface area contributed by atoms with Crippen LogP contribution >= 0.6 is 0 Å². The third-order valence-corrected chi connectivity index (χ3v) is 2.90. The first-order chi connectivity index (χ1) is 8.91. The molecule has 0 heteroatoms. The fraction of sp³-hybridized carbons (Fsp3) is 0.611. The van der Waals surface area contributed by atoms with Crippen LogP contribution < -0.4 is 0 Å². The summed E-state index contributed by atoms with van der Waals surface area (Å²) >= 11 is 0. The smallest absolute Gasteiger partial charge is 0.0169 e. The highest BCUT2D eigenvalue weighted by atomic mass is 13.9. The van der Waals surface area contributed by atoms with Gasteiger partial charge in [0.25, 0.3) is 0 Å². The molecule has 1 radical (unpaired) electrons. The van der Waals surface area contributed by atoms with E-state index in [9.17, 15) is 0 Å². The Morgan fingerprint density at radius 2 is 1.22 bits per heavy atom. The van der Waals surface area contributed by atoms with Gasteiger partial charge in [-0.05, 0) is 32.1 Å². The van der Waals surface area contributed by atoms with E-state index in [0.717, 1.165) is 25.7 Å². The predicted octanol–water partition coefficient (Wildman–Crippen LogP) is 6.41. The molecule has 0 heterocycles. The summed E-state index contributed by atoms with van der Waals surface area (Å²) in [6.07, 6.45) is 26.0. The van der Waals surface area contributed by atoms with Gasteiger partial charge in [-0.15, -0.1) is 0 Å². The van der Waals surface area contributed by atoms with Gasteiger partial charge in [-0.3, -0.25) is 0 Å². The van der Waals surface area contributed by atoms with Crippen LogP contribution in [0, 0.1) is 6.92 Å². The Morgan fingerprint density at radius 1 is 0.667 bits per heavy atom. The van der Waals surface area contributed by atoms with Crippen LogP contribution in [-0.2, 0) is 0 Å². The van der Waals surface area contributed by atoms with Crippen LogP contribution in [0.25, 0.3) is 0 Å². The van der Waals surface area contributed by atoms with Crippen molar-refractivity contribution in [2.24, 2.45) is 0 Å². The van der Waals surface area contributed by atoms with E-state index in [-0.39, 0.29) is 0 Å². The second kappa shape index (κ2) is 16.2. The Bertz CT molecular complexity index is 220. The zero-order valence-electron chi connectivity index (χ0n) is 12.2. The average molecular weight is 247 g/mol. The Hall–Kier alpha value is -0.780. The SMILES string of the molecule is [CH2]CCCCCCC/C=C/C/C=C/C/C=C/CC. The molecule has 0 N–H and O–H groups in total.